The number of piperidine rings is 1. The van der Waals surface area contributed by atoms with Gasteiger partial charge in [-0.05, 0) is 72.3 Å². The lowest BCUT2D eigenvalue weighted by Crippen LogP contribution is -2.39. The molecule has 1 aliphatic heterocycles. The van der Waals surface area contributed by atoms with Gasteiger partial charge in [0, 0.05) is 18.8 Å². The summed E-state index contributed by atoms with van der Waals surface area (Å²) >= 11 is 1.69. The minimum absolute atomic E-state index is 0.136. The normalized spacial score (nSPS) is 22.6. The molecule has 1 saturated heterocycles. The highest BCUT2D eigenvalue weighted by molar-refractivity contribution is 7.07. The minimum atomic E-state index is 0.136. The standard InChI is InChI=1S/C17H21N3OS/c21-16(14-2-1-6-19-14)20(11-13-3-9-22-12-13)15-10-17(15)4-7-18-8-5-17/h1-3,6,9,12,15,18-19H,4-5,7-8,10-11H2/t15-/m0/s1. The molecule has 1 aliphatic carbocycles. The maximum Gasteiger partial charge on any atom is 0.270 e. The monoisotopic (exact) mass is 315 g/mol. The Balaban J connectivity index is 1.57. The van der Waals surface area contributed by atoms with E-state index in [-0.39, 0.29) is 5.91 Å². The Morgan fingerprint density at radius 3 is 2.91 bits per heavy atom. The zero-order valence-corrected chi connectivity index (χ0v) is 13.4. The van der Waals surface area contributed by atoms with Crippen LogP contribution in [0.3, 0.4) is 0 Å². The summed E-state index contributed by atoms with van der Waals surface area (Å²) in [5.41, 5.74) is 2.30. The molecule has 2 N–H and O–H groups in total. The van der Waals surface area contributed by atoms with Crippen LogP contribution in [0.5, 0.6) is 0 Å². The van der Waals surface area contributed by atoms with E-state index in [1.54, 1.807) is 11.3 Å². The van der Waals surface area contributed by atoms with Crippen molar-refractivity contribution in [3.63, 3.8) is 0 Å². The Labute approximate surface area is 134 Å². The fourth-order valence-corrected chi connectivity index (χ4v) is 4.41. The first kappa shape index (κ1) is 14.0. The Morgan fingerprint density at radius 2 is 2.23 bits per heavy atom. The molecule has 2 aromatic heterocycles. The smallest absolute Gasteiger partial charge is 0.270 e. The molecular formula is C17H21N3OS. The zero-order valence-electron chi connectivity index (χ0n) is 12.5. The van der Waals surface area contributed by atoms with Crippen molar-refractivity contribution in [2.75, 3.05) is 13.1 Å². The van der Waals surface area contributed by atoms with Crippen molar-refractivity contribution in [3.8, 4) is 0 Å². The fraction of sp³-hybridized carbons (Fsp3) is 0.471. The van der Waals surface area contributed by atoms with E-state index in [1.807, 2.05) is 18.3 Å². The van der Waals surface area contributed by atoms with Gasteiger partial charge in [0.15, 0.2) is 0 Å². The Hall–Kier alpha value is -1.59. The van der Waals surface area contributed by atoms with E-state index in [9.17, 15) is 4.79 Å². The molecule has 1 amide bonds. The molecule has 2 aliphatic rings. The van der Waals surface area contributed by atoms with Crippen LogP contribution in [-0.2, 0) is 6.54 Å². The van der Waals surface area contributed by atoms with Gasteiger partial charge in [-0.15, -0.1) is 0 Å². The molecule has 4 rings (SSSR count). The number of carbonyl (C=O) groups is 1. The van der Waals surface area contributed by atoms with Crippen molar-refractivity contribution in [3.05, 3.63) is 46.4 Å². The summed E-state index contributed by atoms with van der Waals surface area (Å²) in [5.74, 6) is 0.136. The largest absolute Gasteiger partial charge is 0.357 e. The first-order valence-electron chi connectivity index (χ1n) is 7.95. The molecule has 5 heteroatoms. The van der Waals surface area contributed by atoms with Gasteiger partial charge in [0.1, 0.15) is 5.69 Å². The first-order valence-corrected chi connectivity index (χ1v) is 8.89. The van der Waals surface area contributed by atoms with Gasteiger partial charge >= 0.3 is 0 Å². The maximum atomic E-state index is 12.9. The van der Waals surface area contributed by atoms with Crippen LogP contribution in [0.4, 0.5) is 0 Å². The molecule has 0 bridgehead atoms. The van der Waals surface area contributed by atoms with Gasteiger partial charge in [-0.1, -0.05) is 0 Å². The molecule has 1 spiro atoms. The molecule has 0 radical (unpaired) electrons. The summed E-state index contributed by atoms with van der Waals surface area (Å²) in [6.45, 7) is 2.89. The van der Waals surface area contributed by atoms with Crippen LogP contribution in [0.2, 0.25) is 0 Å². The van der Waals surface area contributed by atoms with E-state index in [4.69, 9.17) is 0 Å². The number of hydrogen-bond acceptors (Lipinski definition) is 3. The second kappa shape index (κ2) is 5.56. The lowest BCUT2D eigenvalue weighted by molar-refractivity contribution is 0.0687. The summed E-state index contributed by atoms with van der Waals surface area (Å²) in [7, 11) is 0. The number of hydrogen-bond donors (Lipinski definition) is 2. The van der Waals surface area contributed by atoms with Crippen LogP contribution in [0.1, 0.15) is 35.3 Å². The third kappa shape index (κ3) is 2.48. The molecule has 2 aromatic rings. The van der Waals surface area contributed by atoms with Crippen molar-refractivity contribution in [1.82, 2.24) is 15.2 Å². The summed E-state index contributed by atoms with van der Waals surface area (Å²) < 4.78 is 0. The van der Waals surface area contributed by atoms with Crippen LogP contribution in [0, 0.1) is 5.41 Å². The van der Waals surface area contributed by atoms with Crippen LogP contribution in [0.25, 0.3) is 0 Å². The highest BCUT2D eigenvalue weighted by atomic mass is 32.1. The summed E-state index contributed by atoms with van der Waals surface area (Å²) in [6.07, 6.45) is 5.36. The molecule has 3 heterocycles. The second-order valence-corrected chi connectivity index (χ2v) is 7.26. The predicted octanol–water partition coefficient (Wildman–Crippen LogP) is 2.86. The summed E-state index contributed by atoms with van der Waals surface area (Å²) in [6, 6.07) is 6.28. The van der Waals surface area contributed by atoms with Crippen LogP contribution in [0.15, 0.2) is 35.2 Å². The summed E-state index contributed by atoms with van der Waals surface area (Å²) in [5, 5.41) is 7.66. The van der Waals surface area contributed by atoms with E-state index >= 15 is 0 Å². The molecule has 1 atom stereocenters. The SMILES string of the molecule is O=C(c1ccc[nH]1)N(Cc1ccsc1)[C@H]1CC12CCNCC2. The number of nitrogens with zero attached hydrogens (tertiary/aromatic N) is 1. The molecule has 116 valence electrons. The third-order valence-corrected chi connectivity index (χ3v) is 5.88. The average molecular weight is 315 g/mol. The fourth-order valence-electron chi connectivity index (χ4n) is 3.75. The van der Waals surface area contributed by atoms with Crippen molar-refractivity contribution in [1.29, 1.82) is 0 Å². The molecule has 4 nitrogen and oxygen atoms in total. The number of nitrogens with one attached hydrogen (secondary N) is 2. The molecule has 1 saturated carbocycles. The highest BCUT2D eigenvalue weighted by Gasteiger charge is 2.57. The number of rotatable bonds is 4. The van der Waals surface area contributed by atoms with Crippen LogP contribution in [-0.4, -0.2) is 34.9 Å². The Kier molecular flexibility index (Phi) is 3.54. The number of amides is 1. The van der Waals surface area contributed by atoms with Crippen molar-refractivity contribution < 1.29 is 4.79 Å². The number of carbonyl (C=O) groups excluding carboxylic acids is 1. The van der Waals surface area contributed by atoms with Gasteiger partial charge in [-0.2, -0.15) is 11.3 Å². The van der Waals surface area contributed by atoms with Crippen molar-refractivity contribution in [2.24, 2.45) is 5.41 Å². The lowest BCUT2D eigenvalue weighted by atomic mass is 9.93. The number of thiophene rings is 1. The number of aromatic amines is 1. The maximum absolute atomic E-state index is 12.9. The molecule has 0 unspecified atom stereocenters. The van der Waals surface area contributed by atoms with Gasteiger partial charge in [-0.25, -0.2) is 0 Å². The number of H-pyrrole nitrogens is 1. The predicted molar refractivity (Wildman–Crippen MR) is 87.9 cm³/mol. The topological polar surface area (TPSA) is 48.1 Å². The minimum Gasteiger partial charge on any atom is -0.357 e. The van der Waals surface area contributed by atoms with Gasteiger partial charge in [-0.3, -0.25) is 4.79 Å². The average Bonchev–Trinajstić information content (AvgIpc) is 3.02. The highest BCUT2D eigenvalue weighted by Crippen LogP contribution is 2.56. The van der Waals surface area contributed by atoms with Crippen LogP contribution >= 0.6 is 11.3 Å². The van der Waals surface area contributed by atoms with E-state index in [0.29, 0.717) is 17.2 Å². The summed E-state index contributed by atoms with van der Waals surface area (Å²) in [4.78, 5) is 18.1. The van der Waals surface area contributed by atoms with Gasteiger partial charge in [0.2, 0.25) is 0 Å². The van der Waals surface area contributed by atoms with E-state index in [2.05, 4.69) is 32.0 Å². The van der Waals surface area contributed by atoms with E-state index in [0.717, 1.165) is 26.1 Å². The van der Waals surface area contributed by atoms with Gasteiger partial charge in [0.05, 0.1) is 0 Å². The molecule has 22 heavy (non-hydrogen) atoms. The van der Waals surface area contributed by atoms with Gasteiger partial charge in [0.25, 0.3) is 5.91 Å². The van der Waals surface area contributed by atoms with Crippen molar-refractivity contribution in [2.45, 2.75) is 31.8 Å². The van der Waals surface area contributed by atoms with Crippen molar-refractivity contribution >= 4 is 17.2 Å². The lowest BCUT2D eigenvalue weighted by Gasteiger charge is -2.29. The van der Waals surface area contributed by atoms with Crippen LogP contribution < -0.4 is 5.32 Å². The number of aromatic nitrogens is 1. The second-order valence-electron chi connectivity index (χ2n) is 6.48. The Morgan fingerprint density at radius 1 is 1.36 bits per heavy atom. The quantitative estimate of drug-likeness (QED) is 0.911. The Bertz CT molecular complexity index is 629. The third-order valence-electron chi connectivity index (χ3n) is 5.14. The molecule has 2 fully saturated rings. The van der Waals surface area contributed by atoms with E-state index < -0.39 is 0 Å². The first-order chi connectivity index (χ1) is 10.8. The van der Waals surface area contributed by atoms with E-state index in [1.165, 1.54) is 18.4 Å². The van der Waals surface area contributed by atoms with Gasteiger partial charge < -0.3 is 15.2 Å². The molecular weight excluding hydrogens is 294 g/mol. The zero-order chi connectivity index (χ0) is 15.0. The molecule has 0 aromatic carbocycles.